The molecule has 0 atom stereocenters. The first-order valence-electron chi connectivity index (χ1n) is 10.6. The molecule has 0 aromatic rings. The van der Waals surface area contributed by atoms with Gasteiger partial charge in [-0.1, -0.05) is 19.3 Å². The Morgan fingerprint density at radius 2 is 1.25 bits per heavy atom. The topological polar surface area (TPSA) is 69.9 Å². The Balaban J connectivity index is 0.00000196. The van der Waals surface area contributed by atoms with Gasteiger partial charge in [-0.25, -0.2) is 0 Å². The van der Waals surface area contributed by atoms with E-state index >= 15 is 0 Å². The van der Waals surface area contributed by atoms with Gasteiger partial charge in [0.15, 0.2) is 0 Å². The first-order chi connectivity index (χ1) is 12.6. The number of nitrogens with zero attached hydrogens (tertiary/aromatic N) is 3. The second kappa shape index (κ2) is 12.2. The highest BCUT2D eigenvalue weighted by Crippen LogP contribution is 2.38. The lowest BCUT2D eigenvalue weighted by Gasteiger charge is -2.40. The summed E-state index contributed by atoms with van der Waals surface area (Å²) in [5.41, 5.74) is 6.08. The van der Waals surface area contributed by atoms with E-state index in [9.17, 15) is 9.59 Å². The summed E-state index contributed by atoms with van der Waals surface area (Å²) >= 11 is 0. The fraction of sp³-hybridized carbons (Fsp3) is 0.900. The lowest BCUT2D eigenvalue weighted by molar-refractivity contribution is -0.137. The van der Waals surface area contributed by atoms with E-state index in [1.807, 2.05) is 9.80 Å². The third kappa shape index (κ3) is 6.75. The van der Waals surface area contributed by atoms with E-state index in [0.29, 0.717) is 19.5 Å². The summed E-state index contributed by atoms with van der Waals surface area (Å²) in [6, 6.07) is 0. The molecule has 0 spiro atoms. The molecule has 164 valence electrons. The molecule has 6 nitrogen and oxygen atoms in total. The standard InChI is InChI=1S/C20H36N4O2.2ClH/c21-17-20(7-3-1-4-8-20)15-18(25)24-13-11-22(12-14-24)16-19(26)23-9-5-2-6-10-23;;/h1-17,21H2;2*1H. The molecule has 2 aliphatic heterocycles. The van der Waals surface area contributed by atoms with E-state index in [1.165, 1.54) is 25.7 Å². The summed E-state index contributed by atoms with van der Waals surface area (Å²) in [6.07, 6.45) is 10.0. The summed E-state index contributed by atoms with van der Waals surface area (Å²) in [4.78, 5) is 31.4. The van der Waals surface area contributed by atoms with E-state index in [-0.39, 0.29) is 42.0 Å². The number of likely N-dealkylation sites (tertiary alicyclic amines) is 1. The summed E-state index contributed by atoms with van der Waals surface area (Å²) in [6.45, 7) is 6.07. The quantitative estimate of drug-likeness (QED) is 0.717. The molecule has 3 aliphatic rings. The smallest absolute Gasteiger partial charge is 0.236 e. The predicted octanol–water partition coefficient (Wildman–Crippen LogP) is 2.29. The minimum absolute atomic E-state index is 0. The van der Waals surface area contributed by atoms with Crippen molar-refractivity contribution in [1.29, 1.82) is 0 Å². The molecule has 0 aromatic carbocycles. The molecule has 3 fully saturated rings. The zero-order valence-electron chi connectivity index (χ0n) is 17.1. The zero-order valence-corrected chi connectivity index (χ0v) is 18.7. The van der Waals surface area contributed by atoms with Crippen LogP contribution in [0.2, 0.25) is 0 Å². The zero-order chi connectivity index (χ0) is 18.4. The second-order valence-electron chi connectivity index (χ2n) is 8.54. The maximum Gasteiger partial charge on any atom is 0.236 e. The van der Waals surface area contributed by atoms with Crippen LogP contribution in [0.4, 0.5) is 0 Å². The fourth-order valence-corrected chi connectivity index (χ4v) is 4.78. The number of amides is 2. The number of piperidine rings is 1. The lowest BCUT2D eigenvalue weighted by Crippen LogP contribution is -2.53. The third-order valence-electron chi connectivity index (χ3n) is 6.67. The summed E-state index contributed by atoms with van der Waals surface area (Å²) < 4.78 is 0. The SMILES string of the molecule is Cl.Cl.NCC1(CC(=O)N2CCN(CC(=O)N3CCCCC3)CC2)CCCCC1. The highest BCUT2D eigenvalue weighted by atomic mass is 35.5. The van der Waals surface area contributed by atoms with Crippen LogP contribution in [0.5, 0.6) is 0 Å². The van der Waals surface area contributed by atoms with Crippen LogP contribution in [0.25, 0.3) is 0 Å². The van der Waals surface area contributed by atoms with Crippen LogP contribution in [-0.2, 0) is 9.59 Å². The van der Waals surface area contributed by atoms with Gasteiger partial charge in [-0.3, -0.25) is 14.5 Å². The van der Waals surface area contributed by atoms with Crippen LogP contribution in [0.1, 0.15) is 57.8 Å². The van der Waals surface area contributed by atoms with Gasteiger partial charge in [0.2, 0.25) is 11.8 Å². The van der Waals surface area contributed by atoms with Gasteiger partial charge in [0.25, 0.3) is 0 Å². The van der Waals surface area contributed by atoms with Crippen molar-refractivity contribution in [3.8, 4) is 0 Å². The predicted molar refractivity (Wildman–Crippen MR) is 117 cm³/mol. The van der Waals surface area contributed by atoms with Gasteiger partial charge in [0.1, 0.15) is 0 Å². The number of halogens is 2. The minimum Gasteiger partial charge on any atom is -0.342 e. The average Bonchev–Trinajstić information content (AvgIpc) is 2.70. The van der Waals surface area contributed by atoms with Crippen molar-refractivity contribution in [3.05, 3.63) is 0 Å². The maximum absolute atomic E-state index is 12.8. The van der Waals surface area contributed by atoms with Crippen LogP contribution >= 0.6 is 24.8 Å². The Morgan fingerprint density at radius 1 is 0.714 bits per heavy atom. The van der Waals surface area contributed by atoms with Crippen LogP contribution < -0.4 is 5.73 Å². The summed E-state index contributed by atoms with van der Waals surface area (Å²) in [5, 5.41) is 0. The molecule has 2 saturated heterocycles. The molecule has 1 aliphatic carbocycles. The first-order valence-corrected chi connectivity index (χ1v) is 10.6. The summed E-state index contributed by atoms with van der Waals surface area (Å²) in [7, 11) is 0. The number of rotatable bonds is 5. The molecule has 2 heterocycles. The fourth-order valence-electron chi connectivity index (χ4n) is 4.78. The molecule has 2 N–H and O–H groups in total. The van der Waals surface area contributed by atoms with Gasteiger partial charge in [0, 0.05) is 45.7 Å². The van der Waals surface area contributed by atoms with E-state index in [1.54, 1.807) is 0 Å². The third-order valence-corrected chi connectivity index (χ3v) is 6.67. The average molecular weight is 437 g/mol. The lowest BCUT2D eigenvalue weighted by atomic mass is 9.71. The molecule has 0 radical (unpaired) electrons. The molecular formula is C20H38Cl2N4O2. The minimum atomic E-state index is 0. The molecular weight excluding hydrogens is 399 g/mol. The normalized spacial score (nSPS) is 22.8. The van der Waals surface area contributed by atoms with Crippen LogP contribution in [0, 0.1) is 5.41 Å². The van der Waals surface area contributed by atoms with Gasteiger partial charge in [-0.05, 0) is 44.1 Å². The van der Waals surface area contributed by atoms with Gasteiger partial charge in [-0.15, -0.1) is 24.8 Å². The van der Waals surface area contributed by atoms with Crippen molar-refractivity contribution in [1.82, 2.24) is 14.7 Å². The number of hydrogen-bond donors (Lipinski definition) is 1. The van der Waals surface area contributed by atoms with Crippen LogP contribution in [0.15, 0.2) is 0 Å². The molecule has 2 amide bonds. The van der Waals surface area contributed by atoms with Gasteiger partial charge in [-0.2, -0.15) is 0 Å². The first kappa shape index (κ1) is 25.5. The van der Waals surface area contributed by atoms with Crippen molar-refractivity contribution in [2.75, 3.05) is 52.4 Å². The Labute approximate surface area is 182 Å². The molecule has 3 rings (SSSR count). The van der Waals surface area contributed by atoms with Gasteiger partial charge in [0.05, 0.1) is 6.54 Å². The summed E-state index contributed by atoms with van der Waals surface area (Å²) in [5.74, 6) is 0.521. The largest absolute Gasteiger partial charge is 0.342 e. The second-order valence-corrected chi connectivity index (χ2v) is 8.54. The van der Waals surface area contributed by atoms with Crippen molar-refractivity contribution < 1.29 is 9.59 Å². The van der Waals surface area contributed by atoms with E-state index < -0.39 is 0 Å². The highest BCUT2D eigenvalue weighted by molar-refractivity contribution is 5.85. The van der Waals surface area contributed by atoms with E-state index in [0.717, 1.165) is 65.0 Å². The molecule has 28 heavy (non-hydrogen) atoms. The molecule has 0 aromatic heterocycles. The molecule has 1 saturated carbocycles. The molecule has 8 heteroatoms. The highest BCUT2D eigenvalue weighted by Gasteiger charge is 2.35. The Bertz CT molecular complexity index is 487. The van der Waals surface area contributed by atoms with Gasteiger partial charge >= 0.3 is 0 Å². The van der Waals surface area contributed by atoms with Crippen molar-refractivity contribution in [2.24, 2.45) is 11.1 Å². The Kier molecular flexibility index (Phi) is 11.1. The number of nitrogens with two attached hydrogens (primary N) is 1. The van der Waals surface area contributed by atoms with Crippen molar-refractivity contribution in [3.63, 3.8) is 0 Å². The number of hydrogen-bond acceptors (Lipinski definition) is 4. The van der Waals surface area contributed by atoms with E-state index in [2.05, 4.69) is 4.90 Å². The molecule has 0 bridgehead atoms. The number of piperazine rings is 1. The Hall–Kier alpha value is -0.560. The Morgan fingerprint density at radius 3 is 1.82 bits per heavy atom. The van der Waals surface area contributed by atoms with Crippen LogP contribution in [-0.4, -0.2) is 78.9 Å². The van der Waals surface area contributed by atoms with Gasteiger partial charge < -0.3 is 15.5 Å². The van der Waals surface area contributed by atoms with Crippen molar-refractivity contribution in [2.45, 2.75) is 57.8 Å². The monoisotopic (exact) mass is 436 g/mol. The van der Waals surface area contributed by atoms with Crippen molar-refractivity contribution >= 4 is 36.6 Å². The van der Waals surface area contributed by atoms with E-state index in [4.69, 9.17) is 5.73 Å². The van der Waals surface area contributed by atoms with Crippen LogP contribution in [0.3, 0.4) is 0 Å². The molecule has 0 unspecified atom stereocenters. The number of carbonyl (C=O) groups excluding carboxylic acids is 2. The maximum atomic E-state index is 12.8. The number of carbonyl (C=O) groups is 2.